The molecule has 1 aliphatic rings. The van der Waals surface area contributed by atoms with E-state index in [0.717, 1.165) is 5.57 Å². The second-order valence-electron chi connectivity index (χ2n) is 9.46. The van der Waals surface area contributed by atoms with Gasteiger partial charge >= 0.3 is 5.97 Å². The van der Waals surface area contributed by atoms with Crippen LogP contribution < -0.4 is 0 Å². The second-order valence-corrected chi connectivity index (χ2v) is 9.90. The third-order valence-corrected chi connectivity index (χ3v) is 6.70. The number of halogens is 1. The molecule has 7 nitrogen and oxygen atoms in total. The number of aliphatic hydroxyl groups is 2. The van der Waals surface area contributed by atoms with Crippen molar-refractivity contribution in [1.29, 1.82) is 0 Å². The van der Waals surface area contributed by atoms with E-state index in [4.69, 9.17) is 21.1 Å². The molecule has 5 atom stereocenters. The van der Waals surface area contributed by atoms with Gasteiger partial charge in [-0.25, -0.2) is 0 Å². The van der Waals surface area contributed by atoms with E-state index < -0.39 is 41.7 Å². The largest absolute Gasteiger partial charge is 0.456 e. The van der Waals surface area contributed by atoms with Crippen LogP contribution >= 0.6 is 11.6 Å². The number of cyclic esters (lactones) is 1. The van der Waals surface area contributed by atoms with E-state index in [2.05, 4.69) is 4.98 Å². The molecule has 1 aliphatic heterocycles. The first-order chi connectivity index (χ1) is 15.9. The molecule has 0 spiro atoms. The lowest BCUT2D eigenvalue weighted by molar-refractivity contribution is -0.154. The SMILES string of the molecule is C/C1=C/C[C@@H](/C(Cl)=C/c2ccccn2)OC(=O)C[C@H](O)C(C)(C)C(=O)[C@H](C)[C@H](O)[C@@H](C)OCC1. The minimum atomic E-state index is -1.30. The van der Waals surface area contributed by atoms with Gasteiger partial charge in [0.15, 0.2) is 0 Å². The van der Waals surface area contributed by atoms with Crippen molar-refractivity contribution >= 4 is 29.4 Å². The Balaban J connectivity index is 2.33. The van der Waals surface area contributed by atoms with Crippen molar-refractivity contribution in [3.8, 4) is 0 Å². The monoisotopic (exact) mass is 493 g/mol. The number of carbonyl (C=O) groups is 2. The van der Waals surface area contributed by atoms with Gasteiger partial charge in [-0.1, -0.05) is 50.1 Å². The summed E-state index contributed by atoms with van der Waals surface area (Å²) in [6.45, 7) is 8.73. The molecule has 0 fully saturated rings. The molecular formula is C26H36ClNO6. The van der Waals surface area contributed by atoms with Crippen molar-refractivity contribution in [2.75, 3.05) is 6.61 Å². The number of nitrogens with zero attached hydrogens (tertiary/aromatic N) is 1. The van der Waals surface area contributed by atoms with Crippen LogP contribution in [0.25, 0.3) is 6.08 Å². The molecule has 34 heavy (non-hydrogen) atoms. The molecule has 0 aromatic carbocycles. The van der Waals surface area contributed by atoms with E-state index in [9.17, 15) is 19.8 Å². The van der Waals surface area contributed by atoms with Crippen LogP contribution in [0.5, 0.6) is 0 Å². The lowest BCUT2D eigenvalue weighted by atomic mass is 9.74. The lowest BCUT2D eigenvalue weighted by Gasteiger charge is -2.34. The van der Waals surface area contributed by atoms with Gasteiger partial charge in [0.2, 0.25) is 0 Å². The number of Topliss-reactive ketones (excluding diaryl/α,β-unsaturated/α-hetero) is 1. The van der Waals surface area contributed by atoms with Crippen molar-refractivity contribution in [3.05, 3.63) is 46.8 Å². The number of carbonyl (C=O) groups excluding carboxylic acids is 2. The van der Waals surface area contributed by atoms with E-state index >= 15 is 0 Å². The van der Waals surface area contributed by atoms with Gasteiger partial charge in [0.25, 0.3) is 0 Å². The van der Waals surface area contributed by atoms with E-state index in [0.29, 0.717) is 30.2 Å². The van der Waals surface area contributed by atoms with Crippen molar-refractivity contribution < 1.29 is 29.3 Å². The van der Waals surface area contributed by atoms with Crippen molar-refractivity contribution in [3.63, 3.8) is 0 Å². The quantitative estimate of drug-likeness (QED) is 0.472. The zero-order valence-electron chi connectivity index (χ0n) is 20.5. The van der Waals surface area contributed by atoms with Gasteiger partial charge in [-0.3, -0.25) is 14.6 Å². The molecule has 8 heteroatoms. The van der Waals surface area contributed by atoms with E-state index in [1.807, 2.05) is 19.1 Å². The Morgan fingerprint density at radius 2 is 1.94 bits per heavy atom. The Hall–Kier alpha value is -2.06. The van der Waals surface area contributed by atoms with Crippen LogP contribution in [0.15, 0.2) is 41.1 Å². The predicted octanol–water partition coefficient (Wildman–Crippen LogP) is 4.06. The molecule has 2 heterocycles. The summed E-state index contributed by atoms with van der Waals surface area (Å²) in [7, 11) is 0. The Morgan fingerprint density at radius 3 is 2.59 bits per heavy atom. The molecule has 1 aromatic heterocycles. The van der Waals surface area contributed by atoms with Crippen molar-refractivity contribution in [1.82, 2.24) is 4.98 Å². The molecule has 1 aromatic rings. The Kier molecular flexibility index (Phi) is 10.4. The maximum absolute atomic E-state index is 13.1. The number of hydrogen-bond donors (Lipinski definition) is 2. The van der Waals surface area contributed by atoms with Gasteiger partial charge in [0.05, 0.1) is 47.5 Å². The molecule has 0 unspecified atom stereocenters. The molecule has 0 amide bonds. The number of aliphatic hydroxyl groups excluding tert-OH is 2. The number of pyridine rings is 1. The number of hydrogen-bond acceptors (Lipinski definition) is 7. The van der Waals surface area contributed by atoms with Gasteiger partial charge in [-0.2, -0.15) is 0 Å². The number of esters is 1. The van der Waals surface area contributed by atoms with E-state index in [1.165, 1.54) is 0 Å². The Bertz CT molecular complexity index is 898. The van der Waals surface area contributed by atoms with Gasteiger partial charge < -0.3 is 19.7 Å². The Labute approximate surface area is 206 Å². The number of aromatic nitrogens is 1. The standard InChI is InChI=1S/C26H36ClNO6/c1-16-9-10-21(20(27)14-19-8-6-7-12-28-19)34-23(30)15-22(29)26(4,5)25(32)17(2)24(31)18(3)33-13-11-16/h6-9,12,14,17-18,21-22,24,29,31H,10-11,13,15H2,1-5H3/b16-9-,20-14-/t17-,18-,21+,22+,24+/m1/s1. The fraction of sp³-hybridized carbons (Fsp3) is 0.577. The fourth-order valence-corrected chi connectivity index (χ4v) is 4.01. The van der Waals surface area contributed by atoms with Crippen LogP contribution in [-0.4, -0.2) is 58.0 Å². The number of ketones is 1. The summed E-state index contributed by atoms with van der Waals surface area (Å²) >= 11 is 6.52. The van der Waals surface area contributed by atoms with Gasteiger partial charge in [-0.15, -0.1) is 0 Å². The maximum Gasteiger partial charge on any atom is 0.309 e. The van der Waals surface area contributed by atoms with Crippen LogP contribution in [0.3, 0.4) is 0 Å². The summed E-state index contributed by atoms with van der Waals surface area (Å²) < 4.78 is 11.4. The highest BCUT2D eigenvalue weighted by atomic mass is 35.5. The fourth-order valence-electron chi connectivity index (χ4n) is 3.76. The minimum absolute atomic E-state index is 0.295. The first kappa shape index (κ1) is 28.2. The van der Waals surface area contributed by atoms with E-state index in [-0.39, 0.29) is 12.2 Å². The Morgan fingerprint density at radius 1 is 1.24 bits per heavy atom. The normalized spacial score (nSPS) is 31.9. The lowest BCUT2D eigenvalue weighted by Crippen LogP contribution is -2.47. The topological polar surface area (TPSA) is 106 Å². The maximum atomic E-state index is 13.1. The molecule has 0 saturated carbocycles. The van der Waals surface area contributed by atoms with Crippen LogP contribution in [0.4, 0.5) is 0 Å². The van der Waals surface area contributed by atoms with Gasteiger partial charge in [0.1, 0.15) is 11.9 Å². The number of rotatable bonds is 2. The zero-order chi connectivity index (χ0) is 25.5. The molecule has 2 rings (SSSR count). The summed E-state index contributed by atoms with van der Waals surface area (Å²) in [5, 5.41) is 21.7. The molecule has 0 saturated heterocycles. The summed E-state index contributed by atoms with van der Waals surface area (Å²) in [6, 6.07) is 5.40. The van der Waals surface area contributed by atoms with Crippen molar-refractivity contribution in [2.45, 2.75) is 78.3 Å². The smallest absolute Gasteiger partial charge is 0.309 e. The first-order valence-corrected chi connectivity index (χ1v) is 12.0. The number of ether oxygens (including phenoxy) is 2. The molecule has 0 radical (unpaired) electrons. The zero-order valence-corrected chi connectivity index (χ0v) is 21.3. The summed E-state index contributed by atoms with van der Waals surface area (Å²) in [5.74, 6) is -1.82. The van der Waals surface area contributed by atoms with Gasteiger partial charge in [0, 0.05) is 18.5 Å². The molecule has 2 N–H and O–H groups in total. The molecule has 0 bridgehead atoms. The first-order valence-electron chi connectivity index (χ1n) is 11.6. The molecular weight excluding hydrogens is 458 g/mol. The van der Waals surface area contributed by atoms with Gasteiger partial charge in [-0.05, 0) is 38.5 Å². The molecule has 0 aliphatic carbocycles. The highest BCUT2D eigenvalue weighted by Gasteiger charge is 2.42. The molecule has 188 valence electrons. The van der Waals surface area contributed by atoms with Crippen LogP contribution in [0, 0.1) is 11.3 Å². The summed E-state index contributed by atoms with van der Waals surface area (Å²) in [6.07, 6.45) is 2.06. The van der Waals surface area contributed by atoms with Crippen LogP contribution in [-0.2, 0) is 19.1 Å². The average molecular weight is 494 g/mol. The summed E-state index contributed by atoms with van der Waals surface area (Å²) in [4.78, 5) is 30.0. The average Bonchev–Trinajstić information content (AvgIpc) is 2.79. The van der Waals surface area contributed by atoms with Crippen LogP contribution in [0.2, 0.25) is 0 Å². The van der Waals surface area contributed by atoms with Crippen LogP contribution in [0.1, 0.15) is 59.6 Å². The third-order valence-electron chi connectivity index (χ3n) is 6.35. The van der Waals surface area contributed by atoms with Crippen molar-refractivity contribution in [2.24, 2.45) is 11.3 Å². The highest BCUT2D eigenvalue weighted by Crippen LogP contribution is 2.31. The summed E-state index contributed by atoms with van der Waals surface area (Å²) in [5.41, 5.74) is 0.344. The second kappa shape index (κ2) is 12.6. The predicted molar refractivity (Wildman–Crippen MR) is 131 cm³/mol. The third kappa shape index (κ3) is 7.73. The minimum Gasteiger partial charge on any atom is -0.456 e. The van der Waals surface area contributed by atoms with E-state index in [1.54, 1.807) is 52.1 Å². The highest BCUT2D eigenvalue weighted by molar-refractivity contribution is 6.32.